The van der Waals surface area contributed by atoms with Crippen LogP contribution in [-0.2, 0) is 4.79 Å². The number of allylic oxidation sites excluding steroid dienone is 1. The molecule has 0 amide bonds. The van der Waals surface area contributed by atoms with E-state index in [9.17, 15) is 9.90 Å². The molecule has 0 aliphatic heterocycles. The molecule has 5 nitrogen and oxygen atoms in total. The average molecular weight is 447 g/mol. The molecular formula is C29H22N2O3. The molecule has 34 heavy (non-hydrogen) atoms. The molecule has 166 valence electrons. The van der Waals surface area contributed by atoms with Crippen LogP contribution >= 0.6 is 0 Å². The maximum atomic E-state index is 14.1. The Balaban J connectivity index is 1.62. The van der Waals surface area contributed by atoms with E-state index in [0.29, 0.717) is 22.6 Å². The first-order valence-electron chi connectivity index (χ1n) is 11.0. The maximum Gasteiger partial charge on any atom is 0.180 e. The molecule has 0 bridgehead atoms. The molecule has 3 aromatic carbocycles. The first kappa shape index (κ1) is 21.3. The number of carbonyl (C=O) groups is 1. The maximum absolute atomic E-state index is 14.1. The number of Topliss-reactive ketones (excluding diaryl/α,β-unsaturated/α-hetero) is 1. The Morgan fingerprint density at radius 3 is 2.00 bits per heavy atom. The molecule has 5 heteroatoms. The zero-order valence-electron chi connectivity index (χ0n) is 18.6. The highest BCUT2D eigenvalue weighted by molar-refractivity contribution is 6.37. The minimum Gasteiger partial charge on any atom is -0.506 e. The molecule has 1 aliphatic rings. The second-order valence-corrected chi connectivity index (χ2v) is 8.03. The van der Waals surface area contributed by atoms with Crippen molar-refractivity contribution >= 4 is 23.5 Å². The van der Waals surface area contributed by atoms with Crippen molar-refractivity contribution in [3.8, 4) is 0 Å². The highest BCUT2D eigenvalue weighted by atomic mass is 16.3. The number of hydrogen-bond acceptors (Lipinski definition) is 5. The molecule has 1 heterocycles. The number of aliphatic hydroxyl groups is 1. The molecule has 0 fully saturated rings. The van der Waals surface area contributed by atoms with Crippen molar-refractivity contribution in [1.82, 2.24) is 0 Å². The van der Waals surface area contributed by atoms with E-state index in [2.05, 4.69) is 10.2 Å². The molecule has 1 N–H and O–H groups in total. The summed E-state index contributed by atoms with van der Waals surface area (Å²) in [6, 6.07) is 30.0. The summed E-state index contributed by atoms with van der Waals surface area (Å²) in [6.07, 6.45) is 1.49. The molecule has 4 aromatic rings. The first-order valence-corrected chi connectivity index (χ1v) is 11.0. The van der Waals surface area contributed by atoms with E-state index in [-0.39, 0.29) is 17.1 Å². The van der Waals surface area contributed by atoms with Crippen molar-refractivity contribution in [2.75, 3.05) is 0 Å². The predicted molar refractivity (Wildman–Crippen MR) is 133 cm³/mol. The summed E-state index contributed by atoms with van der Waals surface area (Å²) in [7, 11) is 0. The minimum absolute atomic E-state index is 0.0831. The van der Waals surface area contributed by atoms with Crippen LogP contribution in [0.15, 0.2) is 117 Å². The standard InChI is InChI=1S/C29H22N2O3/c1-19-16-17-22(34-19)18-30-31-27-23-14-8-9-15-24(23)28(32)26(27)29(33)25(20-10-4-2-5-11-20)21-12-6-3-7-13-21/h2-18,25,32H,1H3/b30-18+,31-27+. The average Bonchev–Trinajstić information content (AvgIpc) is 3.41. The van der Waals surface area contributed by atoms with E-state index in [1.165, 1.54) is 6.21 Å². The Labute approximate surface area is 197 Å². The third kappa shape index (κ3) is 3.99. The third-order valence-electron chi connectivity index (χ3n) is 5.79. The summed E-state index contributed by atoms with van der Waals surface area (Å²) in [6.45, 7) is 1.85. The van der Waals surface area contributed by atoms with Crippen LogP contribution in [0.5, 0.6) is 0 Å². The van der Waals surface area contributed by atoms with E-state index < -0.39 is 5.92 Å². The second kappa shape index (κ2) is 9.16. The van der Waals surface area contributed by atoms with Gasteiger partial charge in [0.25, 0.3) is 0 Å². The van der Waals surface area contributed by atoms with Crippen molar-refractivity contribution in [2.24, 2.45) is 10.2 Å². The fourth-order valence-corrected chi connectivity index (χ4v) is 4.21. The van der Waals surface area contributed by atoms with E-state index in [0.717, 1.165) is 16.9 Å². The topological polar surface area (TPSA) is 75.2 Å². The Morgan fingerprint density at radius 1 is 0.824 bits per heavy atom. The quantitative estimate of drug-likeness (QED) is 0.287. The molecule has 0 saturated carbocycles. The molecule has 0 spiro atoms. The van der Waals surface area contributed by atoms with Gasteiger partial charge in [-0.05, 0) is 30.2 Å². The minimum atomic E-state index is -0.601. The summed E-state index contributed by atoms with van der Waals surface area (Å²) in [5.74, 6) is 0.396. The summed E-state index contributed by atoms with van der Waals surface area (Å²) < 4.78 is 5.52. The van der Waals surface area contributed by atoms with Crippen LogP contribution in [0, 0.1) is 6.92 Å². The van der Waals surface area contributed by atoms with Gasteiger partial charge in [0, 0.05) is 11.1 Å². The fourth-order valence-electron chi connectivity index (χ4n) is 4.21. The zero-order valence-corrected chi connectivity index (χ0v) is 18.6. The van der Waals surface area contributed by atoms with Crippen LogP contribution in [0.4, 0.5) is 0 Å². The number of fused-ring (bicyclic) bond motifs is 1. The smallest absolute Gasteiger partial charge is 0.180 e. The Kier molecular flexibility index (Phi) is 5.75. The molecular weight excluding hydrogens is 424 g/mol. The number of ketones is 1. The van der Waals surface area contributed by atoms with Crippen LogP contribution in [0.1, 0.15) is 39.7 Å². The summed E-state index contributed by atoms with van der Waals surface area (Å²) in [5, 5.41) is 19.7. The normalized spacial score (nSPS) is 14.4. The monoisotopic (exact) mass is 446 g/mol. The van der Waals surface area contributed by atoms with Gasteiger partial charge in [-0.3, -0.25) is 4.79 Å². The van der Waals surface area contributed by atoms with E-state index >= 15 is 0 Å². The Hall–Kier alpha value is -4.51. The van der Waals surface area contributed by atoms with E-state index in [1.54, 1.807) is 12.1 Å². The van der Waals surface area contributed by atoms with Crippen molar-refractivity contribution in [1.29, 1.82) is 0 Å². The third-order valence-corrected chi connectivity index (χ3v) is 5.79. The molecule has 0 radical (unpaired) electrons. The number of nitrogens with zero attached hydrogens (tertiary/aromatic N) is 2. The fraction of sp³-hybridized carbons (Fsp3) is 0.0690. The number of aryl methyl sites for hydroxylation is 1. The van der Waals surface area contributed by atoms with E-state index in [4.69, 9.17) is 4.42 Å². The summed E-state index contributed by atoms with van der Waals surface area (Å²) in [5.41, 5.74) is 3.40. The zero-order chi connectivity index (χ0) is 23.5. The molecule has 5 rings (SSSR count). The molecule has 1 aromatic heterocycles. The van der Waals surface area contributed by atoms with Gasteiger partial charge in [0.1, 0.15) is 23.0 Å². The van der Waals surface area contributed by atoms with Crippen LogP contribution in [0.25, 0.3) is 5.76 Å². The summed E-state index contributed by atoms with van der Waals surface area (Å²) >= 11 is 0. The van der Waals surface area contributed by atoms with Gasteiger partial charge < -0.3 is 9.52 Å². The largest absolute Gasteiger partial charge is 0.506 e. The van der Waals surface area contributed by atoms with Crippen LogP contribution < -0.4 is 0 Å². The number of carbonyl (C=O) groups excluding carboxylic acids is 1. The summed E-state index contributed by atoms with van der Waals surface area (Å²) in [4.78, 5) is 14.1. The van der Waals surface area contributed by atoms with Gasteiger partial charge in [0.05, 0.1) is 17.7 Å². The molecule has 0 unspecified atom stereocenters. The van der Waals surface area contributed by atoms with Crippen LogP contribution in [0.3, 0.4) is 0 Å². The van der Waals surface area contributed by atoms with Crippen molar-refractivity contribution in [3.05, 3.63) is 136 Å². The second-order valence-electron chi connectivity index (χ2n) is 8.03. The molecule has 0 atom stereocenters. The first-order chi connectivity index (χ1) is 16.6. The van der Waals surface area contributed by atoms with Crippen molar-refractivity contribution in [2.45, 2.75) is 12.8 Å². The van der Waals surface area contributed by atoms with Gasteiger partial charge in [0.15, 0.2) is 5.78 Å². The molecule has 1 aliphatic carbocycles. The van der Waals surface area contributed by atoms with Gasteiger partial charge in [0.2, 0.25) is 0 Å². The highest BCUT2D eigenvalue weighted by Crippen LogP contribution is 2.37. The van der Waals surface area contributed by atoms with Gasteiger partial charge in [-0.1, -0.05) is 84.9 Å². The molecule has 0 saturated heterocycles. The highest BCUT2D eigenvalue weighted by Gasteiger charge is 2.37. The Bertz CT molecular complexity index is 1390. The number of rotatable bonds is 6. The predicted octanol–water partition coefficient (Wildman–Crippen LogP) is 6.10. The van der Waals surface area contributed by atoms with Gasteiger partial charge in [-0.25, -0.2) is 0 Å². The Morgan fingerprint density at radius 2 is 1.41 bits per heavy atom. The lowest BCUT2D eigenvalue weighted by molar-refractivity contribution is -0.115. The van der Waals surface area contributed by atoms with Crippen molar-refractivity contribution < 1.29 is 14.3 Å². The number of furan rings is 1. The lowest BCUT2D eigenvalue weighted by Crippen LogP contribution is -2.21. The lowest BCUT2D eigenvalue weighted by atomic mass is 9.83. The van der Waals surface area contributed by atoms with Crippen LogP contribution in [0.2, 0.25) is 0 Å². The number of aliphatic hydroxyl groups excluding tert-OH is 1. The van der Waals surface area contributed by atoms with Crippen LogP contribution in [-0.4, -0.2) is 22.8 Å². The van der Waals surface area contributed by atoms with E-state index in [1.807, 2.05) is 91.9 Å². The van der Waals surface area contributed by atoms with Crippen molar-refractivity contribution in [3.63, 3.8) is 0 Å². The van der Waals surface area contributed by atoms with Gasteiger partial charge in [-0.15, -0.1) is 5.10 Å². The lowest BCUT2D eigenvalue weighted by Gasteiger charge is -2.18. The van der Waals surface area contributed by atoms with Gasteiger partial charge in [-0.2, -0.15) is 5.10 Å². The van der Waals surface area contributed by atoms with Gasteiger partial charge >= 0.3 is 0 Å². The number of hydrogen-bond donors (Lipinski definition) is 1. The number of benzene rings is 3. The SMILES string of the molecule is Cc1ccc(/C=N/N=C2/C(C(=O)C(c3ccccc3)c3ccccc3)=C(O)c3ccccc32)o1.